The van der Waals surface area contributed by atoms with Crippen LogP contribution < -0.4 is 5.32 Å². The van der Waals surface area contributed by atoms with E-state index in [4.69, 9.17) is 9.47 Å². The third-order valence-corrected chi connectivity index (χ3v) is 10.5. The molecule has 1 fully saturated rings. The standard InChI is InChI=1S/C44H83NO8/c1-3-5-7-9-11-13-15-17-18-19-20-22-24-26-28-30-32-34-40(48)45-37(36-52-44-43(51)42(50)41(49)39(35-46)53-44)38(47)33-31-29-27-25-23-21-16-14-12-10-8-6-4-2/h23,25,31,33,37-39,41-44,46-47,49-51H,3-22,24,26-30,32,34-36H2,1-2H3,(H,45,48)/b25-23+,33-31+/t37-,38+,39+,41+,42-,43+,44+/m0/s1. The van der Waals surface area contributed by atoms with Gasteiger partial charge in [-0.3, -0.25) is 4.79 Å². The van der Waals surface area contributed by atoms with Crippen LogP contribution in [0.1, 0.15) is 194 Å². The van der Waals surface area contributed by atoms with Gasteiger partial charge in [-0.25, -0.2) is 0 Å². The number of carbonyl (C=O) groups excluding carboxylic acids is 1. The second-order valence-corrected chi connectivity index (χ2v) is 15.5. The maximum atomic E-state index is 12.9. The number of amides is 1. The summed E-state index contributed by atoms with van der Waals surface area (Å²) in [6.07, 6.45) is 33.6. The van der Waals surface area contributed by atoms with Gasteiger partial charge in [-0.05, 0) is 32.1 Å². The molecule has 7 atom stereocenters. The average molecular weight is 754 g/mol. The average Bonchev–Trinajstić information content (AvgIpc) is 3.16. The molecule has 0 bridgehead atoms. The van der Waals surface area contributed by atoms with Crippen molar-refractivity contribution in [2.75, 3.05) is 13.2 Å². The topological polar surface area (TPSA) is 149 Å². The second-order valence-electron chi connectivity index (χ2n) is 15.5. The molecule has 9 heteroatoms. The highest BCUT2D eigenvalue weighted by Crippen LogP contribution is 2.22. The molecular formula is C44H83NO8. The van der Waals surface area contributed by atoms with E-state index in [1.165, 1.54) is 135 Å². The molecule has 0 radical (unpaired) electrons. The Hall–Kier alpha value is -1.33. The fourth-order valence-electron chi connectivity index (χ4n) is 6.94. The zero-order valence-electron chi connectivity index (χ0n) is 34.0. The first-order valence-electron chi connectivity index (χ1n) is 22.1. The van der Waals surface area contributed by atoms with Crippen molar-refractivity contribution >= 4 is 5.91 Å². The maximum absolute atomic E-state index is 12.9. The van der Waals surface area contributed by atoms with Crippen LogP contribution in [0, 0.1) is 0 Å². The molecule has 53 heavy (non-hydrogen) atoms. The number of aliphatic hydroxyl groups is 5. The maximum Gasteiger partial charge on any atom is 0.220 e. The van der Waals surface area contributed by atoms with E-state index in [1.54, 1.807) is 6.08 Å². The van der Waals surface area contributed by atoms with Crippen LogP contribution in [0.5, 0.6) is 0 Å². The normalized spacial score (nSPS) is 21.8. The molecule has 312 valence electrons. The van der Waals surface area contributed by atoms with Crippen LogP contribution in [0.25, 0.3) is 0 Å². The predicted octanol–water partition coefficient (Wildman–Crippen LogP) is 8.72. The Kier molecular flexibility index (Phi) is 32.9. The lowest BCUT2D eigenvalue weighted by Gasteiger charge is -2.40. The number of hydrogen-bond donors (Lipinski definition) is 6. The Morgan fingerprint density at radius 3 is 1.58 bits per heavy atom. The molecule has 1 aliphatic rings. The van der Waals surface area contributed by atoms with Crippen LogP contribution in [-0.2, 0) is 14.3 Å². The van der Waals surface area contributed by atoms with E-state index in [-0.39, 0.29) is 12.5 Å². The molecule has 1 aliphatic heterocycles. The van der Waals surface area contributed by atoms with Crippen molar-refractivity contribution in [1.82, 2.24) is 5.32 Å². The lowest BCUT2D eigenvalue weighted by molar-refractivity contribution is -0.302. The Labute approximate surface area is 324 Å². The summed E-state index contributed by atoms with van der Waals surface area (Å²) in [7, 11) is 0. The van der Waals surface area contributed by atoms with E-state index < -0.39 is 49.5 Å². The Bertz CT molecular complexity index is 883. The summed E-state index contributed by atoms with van der Waals surface area (Å²) in [6, 6.07) is -0.815. The van der Waals surface area contributed by atoms with Crippen LogP contribution in [0.15, 0.2) is 24.3 Å². The lowest BCUT2D eigenvalue weighted by atomic mass is 9.99. The van der Waals surface area contributed by atoms with Crippen molar-refractivity contribution in [2.45, 2.75) is 236 Å². The summed E-state index contributed by atoms with van der Waals surface area (Å²) in [5, 5.41) is 54.0. The molecule has 6 N–H and O–H groups in total. The van der Waals surface area contributed by atoms with Crippen LogP contribution >= 0.6 is 0 Å². The number of unbranched alkanes of at least 4 members (excludes halogenated alkanes) is 24. The van der Waals surface area contributed by atoms with E-state index in [2.05, 4.69) is 31.3 Å². The van der Waals surface area contributed by atoms with Crippen LogP contribution in [0.4, 0.5) is 0 Å². The monoisotopic (exact) mass is 754 g/mol. The smallest absolute Gasteiger partial charge is 0.220 e. The fraction of sp³-hybridized carbons (Fsp3) is 0.886. The molecule has 0 saturated carbocycles. The molecule has 1 saturated heterocycles. The van der Waals surface area contributed by atoms with Gasteiger partial charge >= 0.3 is 0 Å². The third kappa shape index (κ3) is 26.2. The first kappa shape index (κ1) is 49.7. The van der Waals surface area contributed by atoms with E-state index in [1.807, 2.05) is 6.08 Å². The number of hydrogen-bond acceptors (Lipinski definition) is 8. The number of rotatable bonds is 36. The van der Waals surface area contributed by atoms with E-state index >= 15 is 0 Å². The van der Waals surface area contributed by atoms with Crippen LogP contribution in [0.3, 0.4) is 0 Å². The molecular weight excluding hydrogens is 670 g/mol. The van der Waals surface area contributed by atoms with Gasteiger partial charge in [-0.1, -0.05) is 179 Å². The van der Waals surface area contributed by atoms with Gasteiger partial charge in [0.2, 0.25) is 5.91 Å². The van der Waals surface area contributed by atoms with Gasteiger partial charge in [0.25, 0.3) is 0 Å². The Morgan fingerprint density at radius 1 is 0.623 bits per heavy atom. The summed E-state index contributed by atoms with van der Waals surface area (Å²) in [5.41, 5.74) is 0. The molecule has 1 rings (SSSR count). The van der Waals surface area contributed by atoms with Crippen molar-refractivity contribution < 1.29 is 39.8 Å². The quantitative estimate of drug-likeness (QED) is 0.0275. The van der Waals surface area contributed by atoms with E-state index in [0.717, 1.165) is 38.5 Å². The molecule has 0 unspecified atom stereocenters. The largest absolute Gasteiger partial charge is 0.394 e. The van der Waals surface area contributed by atoms with Crippen molar-refractivity contribution in [3.63, 3.8) is 0 Å². The van der Waals surface area contributed by atoms with Crippen LogP contribution in [0.2, 0.25) is 0 Å². The highest BCUT2D eigenvalue weighted by atomic mass is 16.7. The minimum Gasteiger partial charge on any atom is -0.394 e. The van der Waals surface area contributed by atoms with Crippen molar-refractivity contribution in [3.05, 3.63) is 24.3 Å². The predicted molar refractivity (Wildman–Crippen MR) is 217 cm³/mol. The minimum absolute atomic E-state index is 0.186. The first-order chi connectivity index (χ1) is 25.8. The minimum atomic E-state index is -1.57. The van der Waals surface area contributed by atoms with Gasteiger partial charge in [0.05, 0.1) is 25.4 Å². The number of carbonyl (C=O) groups is 1. The van der Waals surface area contributed by atoms with Gasteiger partial charge in [0.1, 0.15) is 24.4 Å². The molecule has 1 heterocycles. The van der Waals surface area contributed by atoms with Gasteiger partial charge in [0, 0.05) is 6.42 Å². The van der Waals surface area contributed by atoms with Crippen molar-refractivity contribution in [3.8, 4) is 0 Å². The number of ether oxygens (including phenoxy) is 2. The second kappa shape index (κ2) is 35.1. The Balaban J connectivity index is 2.38. The Morgan fingerprint density at radius 2 is 1.08 bits per heavy atom. The zero-order chi connectivity index (χ0) is 38.8. The van der Waals surface area contributed by atoms with E-state index in [9.17, 15) is 30.3 Å². The van der Waals surface area contributed by atoms with Gasteiger partial charge in [-0.15, -0.1) is 0 Å². The van der Waals surface area contributed by atoms with Crippen molar-refractivity contribution in [1.29, 1.82) is 0 Å². The van der Waals surface area contributed by atoms with Gasteiger partial charge in [-0.2, -0.15) is 0 Å². The van der Waals surface area contributed by atoms with Gasteiger partial charge < -0.3 is 40.3 Å². The third-order valence-electron chi connectivity index (χ3n) is 10.5. The highest BCUT2D eigenvalue weighted by molar-refractivity contribution is 5.76. The molecule has 0 spiro atoms. The first-order valence-corrected chi connectivity index (χ1v) is 22.1. The van der Waals surface area contributed by atoms with Crippen molar-refractivity contribution in [2.24, 2.45) is 0 Å². The molecule has 0 aliphatic carbocycles. The zero-order valence-corrected chi connectivity index (χ0v) is 34.0. The number of aliphatic hydroxyl groups excluding tert-OH is 5. The van der Waals surface area contributed by atoms with Crippen LogP contribution in [-0.4, -0.2) is 87.5 Å². The fourth-order valence-corrected chi connectivity index (χ4v) is 6.94. The summed E-state index contributed by atoms with van der Waals surface area (Å²) >= 11 is 0. The molecule has 9 nitrogen and oxygen atoms in total. The summed E-state index contributed by atoms with van der Waals surface area (Å²) < 4.78 is 11.2. The highest BCUT2D eigenvalue weighted by Gasteiger charge is 2.44. The van der Waals surface area contributed by atoms with Gasteiger partial charge in [0.15, 0.2) is 6.29 Å². The molecule has 0 aromatic rings. The SMILES string of the molecule is CCCCCCCCC/C=C/CC/C=C/[C@@H](O)[C@H](CO[C@@H]1O[C@H](CO)[C@@H](O)[C@H](O)[C@H]1O)NC(=O)CCCCCCCCCCCCCCCCCCC. The van der Waals surface area contributed by atoms with E-state index in [0.29, 0.717) is 6.42 Å². The summed E-state index contributed by atoms with van der Waals surface area (Å²) in [6.45, 7) is 3.74. The molecule has 0 aromatic heterocycles. The lowest BCUT2D eigenvalue weighted by Crippen LogP contribution is -2.60. The number of allylic oxidation sites excluding steroid dienone is 3. The summed E-state index contributed by atoms with van der Waals surface area (Å²) in [5.74, 6) is -0.186. The number of nitrogens with one attached hydrogen (secondary N) is 1. The molecule has 1 amide bonds. The molecule has 0 aromatic carbocycles. The summed E-state index contributed by atoms with van der Waals surface area (Å²) in [4.78, 5) is 12.9.